The molecule has 2 heterocycles. The second kappa shape index (κ2) is 8.27. The molecule has 144 valence electrons. The SMILES string of the molecule is COc1cccc(C(=O)NCC2OCCc3cn(Cc4ccccc4)nc32)c1. The minimum absolute atomic E-state index is 0.154. The summed E-state index contributed by atoms with van der Waals surface area (Å²) in [5.74, 6) is 0.502. The summed E-state index contributed by atoms with van der Waals surface area (Å²) in [6.45, 7) is 1.73. The van der Waals surface area contributed by atoms with Crippen LogP contribution in [0.3, 0.4) is 0 Å². The van der Waals surface area contributed by atoms with E-state index in [-0.39, 0.29) is 12.0 Å². The molecule has 1 unspecified atom stereocenters. The average Bonchev–Trinajstić information content (AvgIpc) is 3.15. The van der Waals surface area contributed by atoms with Gasteiger partial charge in [-0.25, -0.2) is 0 Å². The number of ether oxygens (including phenoxy) is 2. The van der Waals surface area contributed by atoms with Gasteiger partial charge < -0.3 is 14.8 Å². The highest BCUT2D eigenvalue weighted by Crippen LogP contribution is 2.25. The number of rotatable bonds is 6. The van der Waals surface area contributed by atoms with E-state index < -0.39 is 0 Å². The van der Waals surface area contributed by atoms with Gasteiger partial charge in [0.2, 0.25) is 0 Å². The molecule has 1 aliphatic heterocycles. The second-order valence-corrected chi connectivity index (χ2v) is 6.77. The summed E-state index contributed by atoms with van der Waals surface area (Å²) in [5, 5.41) is 7.68. The molecule has 0 saturated carbocycles. The lowest BCUT2D eigenvalue weighted by atomic mass is 10.1. The number of hydrogen-bond acceptors (Lipinski definition) is 4. The van der Waals surface area contributed by atoms with Crippen molar-refractivity contribution in [2.24, 2.45) is 0 Å². The van der Waals surface area contributed by atoms with Crippen molar-refractivity contribution < 1.29 is 14.3 Å². The Labute approximate surface area is 164 Å². The van der Waals surface area contributed by atoms with E-state index in [4.69, 9.17) is 14.6 Å². The minimum Gasteiger partial charge on any atom is -0.497 e. The molecule has 1 N–H and O–H groups in total. The quantitative estimate of drug-likeness (QED) is 0.717. The molecule has 0 spiro atoms. The predicted octanol–water partition coefficient (Wildman–Crippen LogP) is 2.98. The number of methoxy groups -OCH3 is 1. The van der Waals surface area contributed by atoms with Gasteiger partial charge in [-0.1, -0.05) is 36.4 Å². The molecular weight excluding hydrogens is 354 g/mol. The van der Waals surface area contributed by atoms with Crippen LogP contribution in [-0.4, -0.2) is 35.9 Å². The molecule has 1 atom stereocenters. The number of aromatic nitrogens is 2. The molecule has 1 aromatic heterocycles. The van der Waals surface area contributed by atoms with Crippen molar-refractivity contribution >= 4 is 5.91 Å². The summed E-state index contributed by atoms with van der Waals surface area (Å²) in [6.07, 6.45) is 2.68. The van der Waals surface area contributed by atoms with E-state index in [2.05, 4.69) is 23.6 Å². The molecule has 6 heteroatoms. The number of hydrogen-bond donors (Lipinski definition) is 1. The smallest absolute Gasteiger partial charge is 0.251 e. The molecule has 6 nitrogen and oxygen atoms in total. The maximum atomic E-state index is 12.5. The van der Waals surface area contributed by atoms with Gasteiger partial charge in [-0.3, -0.25) is 9.48 Å². The topological polar surface area (TPSA) is 65.4 Å². The van der Waals surface area contributed by atoms with Gasteiger partial charge in [0.1, 0.15) is 11.9 Å². The van der Waals surface area contributed by atoms with E-state index in [1.54, 1.807) is 25.3 Å². The lowest BCUT2D eigenvalue weighted by Gasteiger charge is -2.22. The van der Waals surface area contributed by atoms with Crippen LogP contribution in [0.15, 0.2) is 60.8 Å². The maximum Gasteiger partial charge on any atom is 0.251 e. The Morgan fingerprint density at radius 3 is 2.93 bits per heavy atom. The molecule has 1 amide bonds. The van der Waals surface area contributed by atoms with Gasteiger partial charge in [0.15, 0.2) is 0 Å². The molecule has 0 bridgehead atoms. The predicted molar refractivity (Wildman–Crippen MR) is 105 cm³/mol. The van der Waals surface area contributed by atoms with Crippen LogP contribution in [0.25, 0.3) is 0 Å². The van der Waals surface area contributed by atoms with Crippen LogP contribution < -0.4 is 10.1 Å². The molecule has 28 heavy (non-hydrogen) atoms. The third-order valence-electron chi connectivity index (χ3n) is 4.83. The molecule has 0 saturated heterocycles. The first-order valence-corrected chi connectivity index (χ1v) is 9.37. The Morgan fingerprint density at radius 1 is 1.25 bits per heavy atom. The maximum absolute atomic E-state index is 12.5. The summed E-state index contributed by atoms with van der Waals surface area (Å²) in [4.78, 5) is 12.5. The Morgan fingerprint density at radius 2 is 2.11 bits per heavy atom. The molecule has 0 aliphatic carbocycles. The van der Waals surface area contributed by atoms with Gasteiger partial charge in [0.25, 0.3) is 5.91 Å². The highest BCUT2D eigenvalue weighted by Gasteiger charge is 2.25. The van der Waals surface area contributed by atoms with Crippen molar-refractivity contribution in [1.82, 2.24) is 15.1 Å². The number of nitrogens with one attached hydrogen (secondary N) is 1. The van der Waals surface area contributed by atoms with Crippen LogP contribution in [-0.2, 0) is 17.7 Å². The minimum atomic E-state index is -0.240. The number of benzene rings is 2. The van der Waals surface area contributed by atoms with Crippen LogP contribution in [0.5, 0.6) is 5.75 Å². The first-order valence-electron chi connectivity index (χ1n) is 9.37. The molecule has 4 rings (SSSR count). The number of amides is 1. The standard InChI is InChI=1S/C22H23N3O3/c1-27-19-9-5-8-17(12-19)22(26)23-13-20-21-18(10-11-28-20)15-25(24-21)14-16-6-3-2-4-7-16/h2-9,12,15,20H,10-11,13-14H2,1H3,(H,23,26). The number of nitrogens with zero attached hydrogens (tertiary/aromatic N) is 2. The zero-order chi connectivity index (χ0) is 19.3. The second-order valence-electron chi connectivity index (χ2n) is 6.77. The first kappa shape index (κ1) is 18.3. The average molecular weight is 377 g/mol. The van der Waals surface area contributed by atoms with Crippen molar-refractivity contribution in [2.45, 2.75) is 19.1 Å². The van der Waals surface area contributed by atoms with Gasteiger partial charge >= 0.3 is 0 Å². The third kappa shape index (κ3) is 4.07. The van der Waals surface area contributed by atoms with Crippen LogP contribution in [0, 0.1) is 0 Å². The van der Waals surface area contributed by atoms with Crippen LogP contribution in [0.2, 0.25) is 0 Å². The Balaban J connectivity index is 1.43. The highest BCUT2D eigenvalue weighted by molar-refractivity contribution is 5.94. The van der Waals surface area contributed by atoms with Crippen molar-refractivity contribution in [1.29, 1.82) is 0 Å². The van der Waals surface area contributed by atoms with E-state index in [0.717, 1.165) is 18.7 Å². The van der Waals surface area contributed by atoms with Crippen LogP contribution >= 0.6 is 0 Å². The summed E-state index contributed by atoms with van der Waals surface area (Å²) in [7, 11) is 1.58. The van der Waals surface area contributed by atoms with Crippen molar-refractivity contribution in [3.05, 3.63) is 83.2 Å². The van der Waals surface area contributed by atoms with Crippen LogP contribution in [0.4, 0.5) is 0 Å². The Bertz CT molecular complexity index is 953. The van der Waals surface area contributed by atoms with Gasteiger partial charge in [0.05, 0.1) is 26.0 Å². The highest BCUT2D eigenvalue weighted by atomic mass is 16.5. The van der Waals surface area contributed by atoms with E-state index in [9.17, 15) is 4.79 Å². The molecule has 0 radical (unpaired) electrons. The van der Waals surface area contributed by atoms with E-state index in [1.165, 1.54) is 11.1 Å². The summed E-state index contributed by atoms with van der Waals surface area (Å²) in [5.41, 5.74) is 3.85. The van der Waals surface area contributed by atoms with Gasteiger partial charge in [-0.05, 0) is 35.7 Å². The van der Waals surface area contributed by atoms with E-state index >= 15 is 0 Å². The monoisotopic (exact) mass is 377 g/mol. The number of fused-ring (bicyclic) bond motifs is 1. The number of carbonyl (C=O) groups excluding carboxylic acids is 1. The van der Waals surface area contributed by atoms with E-state index in [0.29, 0.717) is 24.5 Å². The molecule has 1 aliphatic rings. The summed E-state index contributed by atoms with van der Waals surface area (Å²) < 4.78 is 13.0. The largest absolute Gasteiger partial charge is 0.497 e. The fraction of sp³-hybridized carbons (Fsp3) is 0.273. The zero-order valence-corrected chi connectivity index (χ0v) is 15.8. The lowest BCUT2D eigenvalue weighted by Crippen LogP contribution is -2.31. The van der Waals surface area contributed by atoms with Gasteiger partial charge in [-0.2, -0.15) is 5.10 Å². The molecule has 0 fully saturated rings. The van der Waals surface area contributed by atoms with Gasteiger partial charge in [-0.15, -0.1) is 0 Å². The molecular formula is C22H23N3O3. The lowest BCUT2D eigenvalue weighted by molar-refractivity contribution is 0.0383. The molecule has 2 aromatic carbocycles. The third-order valence-corrected chi connectivity index (χ3v) is 4.83. The normalized spacial score (nSPS) is 15.7. The first-order chi connectivity index (χ1) is 13.7. The molecule has 3 aromatic rings. The van der Waals surface area contributed by atoms with Crippen molar-refractivity contribution in [3.8, 4) is 5.75 Å². The summed E-state index contributed by atoms with van der Waals surface area (Å²) >= 11 is 0. The number of carbonyl (C=O) groups is 1. The van der Waals surface area contributed by atoms with Crippen molar-refractivity contribution in [3.63, 3.8) is 0 Å². The van der Waals surface area contributed by atoms with E-state index in [1.807, 2.05) is 28.9 Å². The summed E-state index contributed by atoms with van der Waals surface area (Å²) in [6, 6.07) is 17.3. The van der Waals surface area contributed by atoms with Gasteiger partial charge in [0, 0.05) is 18.3 Å². The fourth-order valence-corrected chi connectivity index (χ4v) is 3.39. The Hall–Kier alpha value is -3.12. The zero-order valence-electron chi connectivity index (χ0n) is 15.8. The Kier molecular flexibility index (Phi) is 5.39. The van der Waals surface area contributed by atoms with Crippen LogP contribution in [0.1, 0.15) is 33.3 Å². The van der Waals surface area contributed by atoms with Crippen molar-refractivity contribution in [2.75, 3.05) is 20.3 Å². The fourth-order valence-electron chi connectivity index (χ4n) is 3.39.